The highest BCUT2D eigenvalue weighted by atomic mass is 15.1. The molecule has 0 aliphatic rings. The van der Waals surface area contributed by atoms with Gasteiger partial charge in [-0.15, -0.1) is 0 Å². The van der Waals surface area contributed by atoms with Crippen LogP contribution in [0.1, 0.15) is 16.7 Å². The van der Waals surface area contributed by atoms with E-state index in [1.54, 1.807) is 0 Å². The minimum Gasteiger partial charge on any atom is -0.310 e. The second-order valence-corrected chi connectivity index (χ2v) is 14.1. The van der Waals surface area contributed by atoms with Crippen molar-refractivity contribution in [2.75, 3.05) is 4.90 Å². The molecule has 53 heavy (non-hydrogen) atoms. The molecule has 0 N–H and O–H groups in total. The van der Waals surface area contributed by atoms with Crippen LogP contribution < -0.4 is 4.90 Å². The Morgan fingerprint density at radius 2 is 0.868 bits per heavy atom. The van der Waals surface area contributed by atoms with Crippen molar-refractivity contribution in [3.05, 3.63) is 205 Å². The van der Waals surface area contributed by atoms with Crippen LogP contribution in [0.4, 0.5) is 17.1 Å². The van der Waals surface area contributed by atoms with Crippen LogP contribution in [-0.2, 0) is 0 Å². The lowest BCUT2D eigenvalue weighted by Crippen LogP contribution is -2.10. The molecule has 254 valence electrons. The lowest BCUT2D eigenvalue weighted by molar-refractivity contribution is 1.15. The quantitative estimate of drug-likeness (QED) is 0.163. The summed E-state index contributed by atoms with van der Waals surface area (Å²) in [5.74, 6) is 0. The van der Waals surface area contributed by atoms with Gasteiger partial charge in [-0.2, -0.15) is 0 Å². The molecule has 1 aromatic heterocycles. The van der Waals surface area contributed by atoms with Gasteiger partial charge in [0, 0.05) is 33.4 Å². The number of aryl methyl sites for hydroxylation is 3. The third kappa shape index (κ3) is 5.99. The predicted octanol–water partition coefficient (Wildman–Crippen LogP) is 14.2. The molecule has 9 aromatic rings. The molecule has 9 rings (SSSR count). The van der Waals surface area contributed by atoms with Gasteiger partial charge in [0.2, 0.25) is 0 Å². The first-order chi connectivity index (χ1) is 26.0. The van der Waals surface area contributed by atoms with E-state index in [1.165, 1.54) is 77.6 Å². The zero-order valence-electron chi connectivity index (χ0n) is 30.3. The minimum atomic E-state index is 1.10. The normalized spacial score (nSPS) is 11.3. The second-order valence-electron chi connectivity index (χ2n) is 14.1. The van der Waals surface area contributed by atoms with Gasteiger partial charge in [-0.3, -0.25) is 0 Å². The summed E-state index contributed by atoms with van der Waals surface area (Å²) in [5, 5.41) is 2.48. The Bertz CT molecular complexity index is 2620. The number of nitrogens with zero attached hydrogens (tertiary/aromatic N) is 2. The summed E-state index contributed by atoms with van der Waals surface area (Å²) in [4.78, 5) is 2.38. The van der Waals surface area contributed by atoms with Crippen LogP contribution in [0.15, 0.2) is 188 Å². The van der Waals surface area contributed by atoms with Crippen molar-refractivity contribution in [2.24, 2.45) is 0 Å². The highest BCUT2D eigenvalue weighted by Crippen LogP contribution is 2.42. The summed E-state index contributed by atoms with van der Waals surface area (Å²) < 4.78 is 2.49. The Morgan fingerprint density at radius 3 is 1.47 bits per heavy atom. The summed E-state index contributed by atoms with van der Waals surface area (Å²) in [6.07, 6.45) is 0. The maximum absolute atomic E-state index is 2.49. The van der Waals surface area contributed by atoms with Crippen LogP contribution in [0.3, 0.4) is 0 Å². The molecule has 2 heteroatoms. The maximum atomic E-state index is 2.49. The van der Waals surface area contributed by atoms with E-state index < -0.39 is 0 Å². The number of hydrogen-bond acceptors (Lipinski definition) is 1. The molecule has 8 aromatic carbocycles. The fraction of sp³-hybridized carbons (Fsp3) is 0.0588. The first-order valence-corrected chi connectivity index (χ1v) is 18.3. The lowest BCUT2D eigenvalue weighted by Gasteiger charge is -2.26. The molecule has 0 amide bonds. The smallest absolute Gasteiger partial charge is 0.0569 e. The van der Waals surface area contributed by atoms with Gasteiger partial charge in [0.25, 0.3) is 0 Å². The van der Waals surface area contributed by atoms with Crippen molar-refractivity contribution in [3.8, 4) is 39.1 Å². The third-order valence-corrected chi connectivity index (χ3v) is 10.4. The minimum absolute atomic E-state index is 1.10. The Labute approximate surface area is 311 Å². The summed E-state index contributed by atoms with van der Waals surface area (Å²) in [6.45, 7) is 6.61. The van der Waals surface area contributed by atoms with E-state index in [0.29, 0.717) is 0 Å². The highest BCUT2D eigenvalue weighted by molar-refractivity contribution is 6.11. The Hall–Kier alpha value is -6.64. The van der Waals surface area contributed by atoms with E-state index in [9.17, 15) is 0 Å². The van der Waals surface area contributed by atoms with Gasteiger partial charge < -0.3 is 9.47 Å². The first-order valence-electron chi connectivity index (χ1n) is 18.3. The van der Waals surface area contributed by atoms with Gasteiger partial charge in [-0.1, -0.05) is 157 Å². The number of hydrogen-bond donors (Lipinski definition) is 0. The van der Waals surface area contributed by atoms with E-state index in [4.69, 9.17) is 0 Å². The number of fused-ring (bicyclic) bond motifs is 3. The molecule has 0 saturated carbocycles. The summed E-state index contributed by atoms with van der Waals surface area (Å²) in [6, 6.07) is 68.4. The predicted molar refractivity (Wildman–Crippen MR) is 226 cm³/mol. The van der Waals surface area contributed by atoms with Gasteiger partial charge in [0.05, 0.1) is 16.7 Å². The van der Waals surface area contributed by atoms with Crippen LogP contribution in [0, 0.1) is 20.8 Å². The lowest BCUT2D eigenvalue weighted by atomic mass is 9.97. The van der Waals surface area contributed by atoms with E-state index in [0.717, 1.165) is 17.1 Å². The molecule has 2 nitrogen and oxygen atoms in total. The fourth-order valence-electron chi connectivity index (χ4n) is 7.97. The zero-order valence-corrected chi connectivity index (χ0v) is 30.3. The molecule has 0 bridgehead atoms. The van der Waals surface area contributed by atoms with E-state index in [-0.39, 0.29) is 0 Å². The molecule has 0 aliphatic carbocycles. The topological polar surface area (TPSA) is 8.17 Å². The number of benzene rings is 8. The van der Waals surface area contributed by atoms with Gasteiger partial charge in [0.1, 0.15) is 0 Å². The van der Waals surface area contributed by atoms with Crippen molar-refractivity contribution in [1.82, 2.24) is 4.57 Å². The largest absolute Gasteiger partial charge is 0.310 e. The molecule has 0 unspecified atom stereocenters. The molecule has 1 heterocycles. The van der Waals surface area contributed by atoms with Crippen LogP contribution in [-0.4, -0.2) is 4.57 Å². The number of rotatable bonds is 7. The molecule has 0 aliphatic heterocycles. The average Bonchev–Trinajstić information content (AvgIpc) is 3.52. The van der Waals surface area contributed by atoms with Crippen LogP contribution in [0.5, 0.6) is 0 Å². The molecular formula is C51H40N2. The molecule has 0 saturated heterocycles. The average molecular weight is 681 g/mol. The third-order valence-electron chi connectivity index (χ3n) is 10.4. The zero-order chi connectivity index (χ0) is 35.9. The molecule has 0 fully saturated rings. The van der Waals surface area contributed by atoms with Crippen LogP contribution >= 0.6 is 0 Å². The monoisotopic (exact) mass is 680 g/mol. The Morgan fingerprint density at radius 1 is 0.358 bits per heavy atom. The highest BCUT2D eigenvalue weighted by Gasteiger charge is 2.20. The van der Waals surface area contributed by atoms with Crippen molar-refractivity contribution < 1.29 is 0 Å². The molecular weight excluding hydrogens is 641 g/mol. The van der Waals surface area contributed by atoms with E-state index in [2.05, 4.69) is 218 Å². The van der Waals surface area contributed by atoms with E-state index in [1.807, 2.05) is 0 Å². The molecule has 0 radical (unpaired) electrons. The van der Waals surface area contributed by atoms with Crippen molar-refractivity contribution in [1.29, 1.82) is 0 Å². The Kier molecular flexibility index (Phi) is 8.21. The SMILES string of the molecule is Cc1cc(C)cc(-c2cccc(C)c2-n2c3ccccc3c3ccc(N(c4ccc(-c5ccccc5)cc4)c4ccc(-c5ccccc5)cc4)cc32)c1. The maximum Gasteiger partial charge on any atom is 0.0569 e. The van der Waals surface area contributed by atoms with Gasteiger partial charge >= 0.3 is 0 Å². The second kappa shape index (κ2) is 13.5. The summed E-state index contributed by atoms with van der Waals surface area (Å²) >= 11 is 0. The molecule has 0 spiro atoms. The van der Waals surface area contributed by atoms with Gasteiger partial charge in [-0.05, 0) is 96.6 Å². The first kappa shape index (κ1) is 32.3. The number of aromatic nitrogens is 1. The summed E-state index contributed by atoms with van der Waals surface area (Å²) in [5.41, 5.74) is 18.0. The summed E-state index contributed by atoms with van der Waals surface area (Å²) in [7, 11) is 0. The standard InChI is InChI=1S/C51H40N2/c1-35-31-36(2)33-42(32-35)46-19-12-13-37(3)51(46)53-49-20-11-10-18-47(49)48-30-29-45(34-50(48)53)52(43-25-21-40(22-26-43)38-14-6-4-7-15-38)44-27-23-41(24-28-44)39-16-8-5-9-17-39/h4-34H,1-3H3. The van der Waals surface area contributed by atoms with Crippen molar-refractivity contribution in [2.45, 2.75) is 20.8 Å². The van der Waals surface area contributed by atoms with Crippen molar-refractivity contribution in [3.63, 3.8) is 0 Å². The van der Waals surface area contributed by atoms with Crippen LogP contribution in [0.2, 0.25) is 0 Å². The number of anilines is 3. The fourth-order valence-corrected chi connectivity index (χ4v) is 7.97. The van der Waals surface area contributed by atoms with E-state index >= 15 is 0 Å². The number of para-hydroxylation sites is 2. The Balaban J connectivity index is 1.26. The molecule has 0 atom stereocenters. The van der Waals surface area contributed by atoms with Gasteiger partial charge in [-0.25, -0.2) is 0 Å². The van der Waals surface area contributed by atoms with Gasteiger partial charge in [0.15, 0.2) is 0 Å². The van der Waals surface area contributed by atoms with Crippen LogP contribution in [0.25, 0.3) is 60.9 Å². The van der Waals surface area contributed by atoms with Crippen molar-refractivity contribution >= 4 is 38.9 Å².